The maximum absolute atomic E-state index is 13.0. The van der Waals surface area contributed by atoms with Crippen LogP contribution in [-0.4, -0.2) is 96.7 Å². The van der Waals surface area contributed by atoms with E-state index in [1.807, 2.05) is 0 Å². The molecule has 3 unspecified atom stereocenters. The molecule has 0 aliphatic heterocycles. The molecule has 6 atom stereocenters. The normalized spacial score (nSPS) is 14.6. The van der Waals surface area contributed by atoms with Crippen molar-refractivity contribution in [3.8, 4) is 0 Å². The summed E-state index contributed by atoms with van der Waals surface area (Å²) in [6.07, 6.45) is 52.7. The maximum atomic E-state index is 13.0. The number of allylic oxidation sites excluding steroid dienone is 4. The third-order valence-electron chi connectivity index (χ3n) is 16.0. The van der Waals surface area contributed by atoms with Gasteiger partial charge in [-0.05, 0) is 57.3 Å². The molecular formula is C70H132O17P2. The Morgan fingerprint density at radius 3 is 0.955 bits per heavy atom. The van der Waals surface area contributed by atoms with Crippen molar-refractivity contribution in [3.05, 3.63) is 24.3 Å². The average molecular weight is 1310 g/mol. The first-order valence-electron chi connectivity index (χ1n) is 36.0. The molecule has 0 saturated heterocycles. The van der Waals surface area contributed by atoms with Crippen molar-refractivity contribution >= 4 is 39.5 Å². The fourth-order valence-electron chi connectivity index (χ4n) is 10.1. The van der Waals surface area contributed by atoms with E-state index in [0.29, 0.717) is 25.7 Å². The lowest BCUT2D eigenvalue weighted by atomic mass is 10.00. The number of phosphoric acid groups is 2. The number of hydrogen-bond acceptors (Lipinski definition) is 15. The van der Waals surface area contributed by atoms with Gasteiger partial charge in [0.25, 0.3) is 0 Å². The molecule has 0 aliphatic rings. The number of unbranched alkanes of at least 4 members (excludes halogenated alkanes) is 36. The summed E-state index contributed by atoms with van der Waals surface area (Å²) in [5.74, 6) is -1.45. The summed E-state index contributed by atoms with van der Waals surface area (Å²) in [7, 11) is -9.90. The zero-order chi connectivity index (χ0) is 65.6. The quantitative estimate of drug-likeness (QED) is 0.0169. The minimum Gasteiger partial charge on any atom is -0.462 e. The van der Waals surface area contributed by atoms with Gasteiger partial charge in [-0.3, -0.25) is 37.3 Å². The number of rotatable bonds is 68. The number of carbonyl (C=O) groups excluding carboxylic acids is 4. The van der Waals surface area contributed by atoms with E-state index in [0.717, 1.165) is 121 Å². The van der Waals surface area contributed by atoms with Crippen LogP contribution in [0.3, 0.4) is 0 Å². The van der Waals surface area contributed by atoms with E-state index >= 15 is 0 Å². The zero-order valence-corrected chi connectivity index (χ0v) is 58.8. The van der Waals surface area contributed by atoms with E-state index in [4.69, 9.17) is 37.0 Å². The van der Waals surface area contributed by atoms with Gasteiger partial charge in [-0.25, -0.2) is 9.13 Å². The number of carbonyl (C=O) groups is 4. The third kappa shape index (κ3) is 62.7. The second-order valence-corrected chi connectivity index (χ2v) is 27.7. The van der Waals surface area contributed by atoms with Gasteiger partial charge < -0.3 is 33.8 Å². The van der Waals surface area contributed by atoms with Crippen molar-refractivity contribution in [1.29, 1.82) is 0 Å². The highest BCUT2D eigenvalue weighted by atomic mass is 31.2. The molecule has 17 nitrogen and oxygen atoms in total. The maximum Gasteiger partial charge on any atom is 0.472 e. The van der Waals surface area contributed by atoms with Crippen LogP contribution in [-0.2, 0) is 65.4 Å². The lowest BCUT2D eigenvalue weighted by molar-refractivity contribution is -0.161. The molecule has 89 heavy (non-hydrogen) atoms. The second-order valence-electron chi connectivity index (χ2n) is 24.8. The van der Waals surface area contributed by atoms with Crippen LogP contribution in [0.2, 0.25) is 0 Å². The van der Waals surface area contributed by atoms with Crippen LogP contribution in [0.25, 0.3) is 0 Å². The van der Waals surface area contributed by atoms with Crippen molar-refractivity contribution in [2.45, 2.75) is 355 Å². The molecule has 0 aliphatic carbocycles. The molecule has 0 fully saturated rings. The predicted molar refractivity (Wildman–Crippen MR) is 358 cm³/mol. The van der Waals surface area contributed by atoms with E-state index in [1.54, 1.807) is 0 Å². The minimum atomic E-state index is -4.96. The van der Waals surface area contributed by atoms with Crippen LogP contribution < -0.4 is 0 Å². The molecule has 0 bridgehead atoms. The van der Waals surface area contributed by atoms with Crippen molar-refractivity contribution < 1.29 is 80.2 Å². The summed E-state index contributed by atoms with van der Waals surface area (Å²) < 4.78 is 68.0. The number of phosphoric ester groups is 2. The van der Waals surface area contributed by atoms with Gasteiger partial charge in [-0.15, -0.1) is 0 Å². The number of esters is 4. The van der Waals surface area contributed by atoms with E-state index in [2.05, 4.69) is 58.9 Å². The molecule has 0 heterocycles. The van der Waals surface area contributed by atoms with Gasteiger partial charge in [0, 0.05) is 25.7 Å². The van der Waals surface area contributed by atoms with Gasteiger partial charge in [-0.1, -0.05) is 284 Å². The number of ether oxygens (including phenoxy) is 4. The second kappa shape index (κ2) is 63.0. The highest BCUT2D eigenvalue weighted by molar-refractivity contribution is 7.47. The zero-order valence-electron chi connectivity index (χ0n) is 57.0. The molecular weight excluding hydrogens is 1170 g/mol. The van der Waals surface area contributed by atoms with Gasteiger partial charge in [0.15, 0.2) is 12.2 Å². The molecule has 0 aromatic rings. The first kappa shape index (κ1) is 86.5. The van der Waals surface area contributed by atoms with Crippen molar-refractivity contribution in [2.75, 3.05) is 39.6 Å². The molecule has 0 amide bonds. The van der Waals surface area contributed by atoms with E-state index in [9.17, 15) is 43.2 Å². The lowest BCUT2D eigenvalue weighted by Gasteiger charge is -2.21. The van der Waals surface area contributed by atoms with Crippen LogP contribution >= 0.6 is 15.6 Å². The van der Waals surface area contributed by atoms with E-state index in [1.165, 1.54) is 135 Å². The molecule has 0 rings (SSSR count). The number of hydrogen-bond donors (Lipinski definition) is 3. The molecule has 0 aromatic heterocycles. The highest BCUT2D eigenvalue weighted by Gasteiger charge is 2.30. The molecule has 0 aromatic carbocycles. The van der Waals surface area contributed by atoms with Crippen molar-refractivity contribution in [3.63, 3.8) is 0 Å². The fraction of sp³-hybridized carbons (Fsp3) is 0.886. The minimum absolute atomic E-state index is 0.0999. The monoisotopic (exact) mass is 1310 g/mol. The molecule has 524 valence electrons. The number of aliphatic hydroxyl groups is 1. The Morgan fingerprint density at radius 1 is 0.360 bits per heavy atom. The molecule has 0 spiro atoms. The van der Waals surface area contributed by atoms with Crippen LogP contribution in [0, 0.1) is 5.92 Å². The number of aliphatic hydroxyl groups excluding tert-OH is 1. The Labute approximate surface area is 542 Å². The SMILES string of the molecule is CCCCCC/C=C\C=C/CCCCCCCC(=O)OC[C@H](COP(=O)(O)OC[C@@H](O)COP(=O)(O)OC[C@@H](COC(=O)CCCCCCC)OC(=O)CCCCCCCCC(C)CC)OC(=O)CCCCCCCCCCCCCCCCCCCCC. The van der Waals surface area contributed by atoms with Gasteiger partial charge >= 0.3 is 39.5 Å². The Balaban J connectivity index is 5.18. The Morgan fingerprint density at radius 2 is 0.629 bits per heavy atom. The Kier molecular flexibility index (Phi) is 61.2. The molecule has 19 heteroatoms. The van der Waals surface area contributed by atoms with Crippen LogP contribution in [0.4, 0.5) is 0 Å². The van der Waals surface area contributed by atoms with Gasteiger partial charge in [0.05, 0.1) is 26.4 Å². The smallest absolute Gasteiger partial charge is 0.462 e. The third-order valence-corrected chi connectivity index (χ3v) is 17.9. The van der Waals surface area contributed by atoms with E-state index in [-0.39, 0.29) is 25.7 Å². The molecule has 0 saturated carbocycles. The molecule has 3 N–H and O–H groups in total. The Hall–Kier alpha value is -2.46. The topological polar surface area (TPSA) is 237 Å². The summed E-state index contributed by atoms with van der Waals surface area (Å²) in [6, 6.07) is 0. The average Bonchev–Trinajstić information content (AvgIpc) is 3.62. The fourth-order valence-corrected chi connectivity index (χ4v) is 11.6. The molecule has 0 radical (unpaired) electrons. The Bertz CT molecular complexity index is 1810. The largest absolute Gasteiger partial charge is 0.472 e. The highest BCUT2D eigenvalue weighted by Crippen LogP contribution is 2.45. The first-order valence-corrected chi connectivity index (χ1v) is 39.0. The van der Waals surface area contributed by atoms with Crippen LogP contribution in [0.5, 0.6) is 0 Å². The van der Waals surface area contributed by atoms with Crippen LogP contribution in [0.1, 0.15) is 336 Å². The van der Waals surface area contributed by atoms with Gasteiger partial charge in [0.2, 0.25) is 0 Å². The first-order chi connectivity index (χ1) is 43.1. The van der Waals surface area contributed by atoms with E-state index < -0.39 is 97.5 Å². The van der Waals surface area contributed by atoms with Crippen molar-refractivity contribution in [2.24, 2.45) is 5.92 Å². The van der Waals surface area contributed by atoms with Gasteiger partial charge in [0.1, 0.15) is 19.3 Å². The summed E-state index contributed by atoms with van der Waals surface area (Å²) in [5, 5.41) is 10.5. The van der Waals surface area contributed by atoms with Crippen molar-refractivity contribution in [1.82, 2.24) is 0 Å². The lowest BCUT2D eigenvalue weighted by Crippen LogP contribution is -2.30. The summed E-state index contributed by atoms with van der Waals surface area (Å²) in [4.78, 5) is 72.2. The van der Waals surface area contributed by atoms with Gasteiger partial charge in [-0.2, -0.15) is 0 Å². The standard InChI is InChI=1S/C70H132O17P2/c1-6-10-13-16-18-20-22-24-26-27-28-29-31-33-35-37-39-45-50-55-69(74)86-66(60-81-68(73)54-49-44-38-36-34-32-30-25-23-21-19-17-14-11-7-2)62-85-89(78,79)83-58-64(71)57-82-88(76,77)84-61-65(59-80-67(72)53-48-42-15-12-8-3)87-70(75)56-51-46-41-40-43-47-52-63(5)9-4/h21,23,25,30,63-66,71H,6-20,22,24,26-29,31-62H2,1-5H3,(H,76,77)(H,78,79)/b23-21-,30-25-/t63?,64-,65+,66+/m0/s1. The summed E-state index contributed by atoms with van der Waals surface area (Å²) in [6.45, 7) is 7.03. The summed E-state index contributed by atoms with van der Waals surface area (Å²) in [5.41, 5.74) is 0. The predicted octanol–water partition coefficient (Wildman–Crippen LogP) is 19.7. The van der Waals surface area contributed by atoms with Crippen LogP contribution in [0.15, 0.2) is 24.3 Å². The summed E-state index contributed by atoms with van der Waals surface area (Å²) >= 11 is 0.